The van der Waals surface area contributed by atoms with Crippen molar-refractivity contribution in [3.8, 4) is 0 Å². The Balaban J connectivity index is 2.14. The van der Waals surface area contributed by atoms with Gasteiger partial charge in [0.05, 0.1) is 13.1 Å². The standard InChI is InChI=1S/C12H23N3O2/c1-12(2,3)14-10(16)8-13-9-11(17)15-6-4-5-7-15/h13H,4-9H2,1-3H3,(H,14,16). The van der Waals surface area contributed by atoms with Crippen LogP contribution in [0.1, 0.15) is 33.6 Å². The van der Waals surface area contributed by atoms with E-state index in [1.165, 1.54) is 0 Å². The second kappa shape index (κ2) is 6.00. The number of carbonyl (C=O) groups is 2. The molecule has 1 rings (SSSR count). The van der Waals surface area contributed by atoms with Crippen LogP contribution in [0, 0.1) is 0 Å². The molecule has 0 aliphatic carbocycles. The van der Waals surface area contributed by atoms with E-state index in [0.717, 1.165) is 25.9 Å². The molecule has 2 amide bonds. The summed E-state index contributed by atoms with van der Waals surface area (Å²) >= 11 is 0. The summed E-state index contributed by atoms with van der Waals surface area (Å²) in [5, 5.41) is 5.72. The van der Waals surface area contributed by atoms with Gasteiger partial charge in [-0.25, -0.2) is 0 Å². The molecule has 0 atom stereocenters. The quantitative estimate of drug-likeness (QED) is 0.734. The van der Waals surface area contributed by atoms with Gasteiger partial charge in [0.1, 0.15) is 0 Å². The number of nitrogens with zero attached hydrogens (tertiary/aromatic N) is 1. The maximum absolute atomic E-state index is 11.6. The van der Waals surface area contributed by atoms with Crippen molar-refractivity contribution in [3.05, 3.63) is 0 Å². The van der Waals surface area contributed by atoms with Gasteiger partial charge in [-0.3, -0.25) is 14.9 Å². The zero-order chi connectivity index (χ0) is 12.9. The summed E-state index contributed by atoms with van der Waals surface area (Å²) in [4.78, 5) is 24.9. The normalized spacial score (nSPS) is 16.1. The molecule has 5 heteroatoms. The van der Waals surface area contributed by atoms with Gasteiger partial charge in [-0.05, 0) is 33.6 Å². The highest BCUT2D eigenvalue weighted by Crippen LogP contribution is 2.06. The Morgan fingerprint density at radius 1 is 1.12 bits per heavy atom. The number of amides is 2. The third-order valence-corrected chi connectivity index (χ3v) is 2.53. The van der Waals surface area contributed by atoms with Crippen LogP contribution in [0.3, 0.4) is 0 Å². The van der Waals surface area contributed by atoms with Crippen LogP contribution in [0.25, 0.3) is 0 Å². The second-order valence-corrected chi connectivity index (χ2v) is 5.49. The second-order valence-electron chi connectivity index (χ2n) is 5.49. The van der Waals surface area contributed by atoms with Crippen LogP contribution in [0.5, 0.6) is 0 Å². The number of rotatable bonds is 4. The third kappa shape index (κ3) is 5.68. The van der Waals surface area contributed by atoms with E-state index in [9.17, 15) is 9.59 Å². The van der Waals surface area contributed by atoms with Gasteiger partial charge in [0.15, 0.2) is 0 Å². The summed E-state index contributed by atoms with van der Waals surface area (Å²) in [7, 11) is 0. The molecule has 1 heterocycles. The van der Waals surface area contributed by atoms with Crippen LogP contribution in [0.15, 0.2) is 0 Å². The van der Waals surface area contributed by atoms with Crippen LogP contribution < -0.4 is 10.6 Å². The molecule has 0 unspecified atom stereocenters. The molecular weight excluding hydrogens is 218 g/mol. The van der Waals surface area contributed by atoms with E-state index in [2.05, 4.69) is 10.6 Å². The lowest BCUT2D eigenvalue weighted by Gasteiger charge is -2.21. The highest BCUT2D eigenvalue weighted by Gasteiger charge is 2.18. The van der Waals surface area contributed by atoms with Gasteiger partial charge < -0.3 is 10.2 Å². The monoisotopic (exact) mass is 241 g/mol. The molecule has 1 saturated heterocycles. The first-order valence-corrected chi connectivity index (χ1v) is 6.18. The lowest BCUT2D eigenvalue weighted by Crippen LogP contribution is -2.46. The van der Waals surface area contributed by atoms with Gasteiger partial charge in [-0.2, -0.15) is 0 Å². The van der Waals surface area contributed by atoms with Crippen molar-refractivity contribution in [3.63, 3.8) is 0 Å². The average Bonchev–Trinajstić information content (AvgIpc) is 2.66. The van der Waals surface area contributed by atoms with Crippen LogP contribution in [0.2, 0.25) is 0 Å². The molecule has 0 bridgehead atoms. The molecule has 0 aromatic carbocycles. The van der Waals surface area contributed by atoms with E-state index in [0.29, 0.717) is 0 Å². The lowest BCUT2D eigenvalue weighted by molar-refractivity contribution is -0.129. The fourth-order valence-corrected chi connectivity index (χ4v) is 1.82. The summed E-state index contributed by atoms with van der Waals surface area (Å²) in [5.41, 5.74) is -0.224. The number of likely N-dealkylation sites (tertiary alicyclic amines) is 1. The SMILES string of the molecule is CC(C)(C)NC(=O)CNCC(=O)N1CCCC1. The molecule has 1 aliphatic heterocycles. The van der Waals surface area contributed by atoms with E-state index in [1.807, 2.05) is 25.7 Å². The molecule has 1 aliphatic rings. The summed E-state index contributed by atoms with van der Waals surface area (Å²) in [6.45, 7) is 7.94. The van der Waals surface area contributed by atoms with Gasteiger partial charge in [0.25, 0.3) is 0 Å². The fourth-order valence-electron chi connectivity index (χ4n) is 1.82. The van der Waals surface area contributed by atoms with Crippen molar-refractivity contribution in [2.75, 3.05) is 26.2 Å². The Hall–Kier alpha value is -1.10. The molecular formula is C12H23N3O2. The first-order valence-electron chi connectivity index (χ1n) is 6.18. The Bertz CT molecular complexity index is 278. The van der Waals surface area contributed by atoms with Gasteiger partial charge in [-0.1, -0.05) is 0 Å². The summed E-state index contributed by atoms with van der Waals surface area (Å²) in [5.74, 6) is 0.0118. The number of nitrogens with one attached hydrogen (secondary N) is 2. The van der Waals surface area contributed by atoms with Crippen molar-refractivity contribution < 1.29 is 9.59 Å². The van der Waals surface area contributed by atoms with Crippen molar-refractivity contribution in [1.82, 2.24) is 15.5 Å². The lowest BCUT2D eigenvalue weighted by atomic mass is 10.1. The molecule has 17 heavy (non-hydrogen) atoms. The molecule has 0 radical (unpaired) electrons. The smallest absolute Gasteiger partial charge is 0.236 e. The first kappa shape index (κ1) is 14.0. The van der Waals surface area contributed by atoms with E-state index in [1.54, 1.807) is 0 Å². The van der Waals surface area contributed by atoms with Crippen molar-refractivity contribution >= 4 is 11.8 Å². The topological polar surface area (TPSA) is 61.4 Å². The molecule has 5 nitrogen and oxygen atoms in total. The Kier molecular flexibility index (Phi) is 4.93. The minimum Gasteiger partial charge on any atom is -0.350 e. The largest absolute Gasteiger partial charge is 0.350 e. The van der Waals surface area contributed by atoms with Crippen LogP contribution in [0.4, 0.5) is 0 Å². The predicted octanol–water partition coefficient (Wildman–Crippen LogP) is 0.113. The maximum Gasteiger partial charge on any atom is 0.236 e. The summed E-state index contributed by atoms with van der Waals surface area (Å²) in [6.07, 6.45) is 2.19. The van der Waals surface area contributed by atoms with Crippen molar-refractivity contribution in [1.29, 1.82) is 0 Å². The summed E-state index contributed by atoms with van der Waals surface area (Å²) in [6, 6.07) is 0. The maximum atomic E-state index is 11.6. The van der Waals surface area contributed by atoms with E-state index < -0.39 is 0 Å². The molecule has 98 valence electrons. The molecule has 0 saturated carbocycles. The Morgan fingerprint density at radius 3 is 2.24 bits per heavy atom. The predicted molar refractivity (Wildman–Crippen MR) is 66.6 cm³/mol. The van der Waals surface area contributed by atoms with Crippen molar-refractivity contribution in [2.24, 2.45) is 0 Å². The van der Waals surface area contributed by atoms with Crippen molar-refractivity contribution in [2.45, 2.75) is 39.2 Å². The third-order valence-electron chi connectivity index (χ3n) is 2.53. The van der Waals surface area contributed by atoms with E-state index in [4.69, 9.17) is 0 Å². The first-order chi connectivity index (χ1) is 7.88. The Labute approximate surface area is 103 Å². The van der Waals surface area contributed by atoms with Gasteiger partial charge >= 0.3 is 0 Å². The minimum absolute atomic E-state index is 0.0771. The minimum atomic E-state index is -0.224. The van der Waals surface area contributed by atoms with Gasteiger partial charge in [0, 0.05) is 18.6 Å². The van der Waals surface area contributed by atoms with Crippen LogP contribution in [-0.2, 0) is 9.59 Å². The van der Waals surface area contributed by atoms with Gasteiger partial charge in [-0.15, -0.1) is 0 Å². The fraction of sp³-hybridized carbons (Fsp3) is 0.833. The zero-order valence-electron chi connectivity index (χ0n) is 11.0. The molecule has 0 aromatic rings. The highest BCUT2D eigenvalue weighted by molar-refractivity contribution is 5.81. The molecule has 2 N–H and O–H groups in total. The molecule has 1 fully saturated rings. The Morgan fingerprint density at radius 2 is 1.71 bits per heavy atom. The van der Waals surface area contributed by atoms with Crippen LogP contribution in [-0.4, -0.2) is 48.4 Å². The number of carbonyl (C=O) groups excluding carboxylic acids is 2. The van der Waals surface area contributed by atoms with E-state index >= 15 is 0 Å². The number of hydrogen-bond acceptors (Lipinski definition) is 3. The number of hydrogen-bond donors (Lipinski definition) is 2. The van der Waals surface area contributed by atoms with E-state index in [-0.39, 0.29) is 30.4 Å². The van der Waals surface area contributed by atoms with Gasteiger partial charge in [0.2, 0.25) is 11.8 Å². The summed E-state index contributed by atoms with van der Waals surface area (Å²) < 4.78 is 0. The van der Waals surface area contributed by atoms with Crippen LogP contribution >= 0.6 is 0 Å². The molecule has 0 spiro atoms. The average molecular weight is 241 g/mol. The zero-order valence-corrected chi connectivity index (χ0v) is 11.0. The highest BCUT2D eigenvalue weighted by atomic mass is 16.2. The molecule has 0 aromatic heterocycles.